The zero-order valence-corrected chi connectivity index (χ0v) is 20.7. The van der Waals surface area contributed by atoms with Gasteiger partial charge >= 0.3 is 0 Å². The number of hydrogen-bond acceptors (Lipinski definition) is 3. The third-order valence-electron chi connectivity index (χ3n) is 6.65. The van der Waals surface area contributed by atoms with Gasteiger partial charge in [0, 0.05) is 24.2 Å². The third kappa shape index (κ3) is 6.49. The van der Waals surface area contributed by atoms with E-state index in [1.165, 1.54) is 6.07 Å². The van der Waals surface area contributed by atoms with Crippen LogP contribution >= 0.6 is 12.4 Å². The Morgan fingerprint density at radius 2 is 1.88 bits per heavy atom. The van der Waals surface area contributed by atoms with Crippen LogP contribution in [0.15, 0.2) is 60.7 Å². The molecule has 1 amide bonds. The summed E-state index contributed by atoms with van der Waals surface area (Å²) in [6.07, 6.45) is 3.06. The summed E-state index contributed by atoms with van der Waals surface area (Å²) in [7, 11) is 1.64. The molecule has 1 saturated carbocycles. The third-order valence-corrected chi connectivity index (χ3v) is 6.65. The minimum atomic E-state index is -0.200. The molecule has 0 bridgehead atoms. The quantitative estimate of drug-likeness (QED) is 0.337. The van der Waals surface area contributed by atoms with Crippen molar-refractivity contribution in [2.24, 2.45) is 5.92 Å². The van der Waals surface area contributed by atoms with Crippen molar-refractivity contribution in [3.8, 4) is 5.75 Å². The maximum absolute atomic E-state index is 13.7. The highest BCUT2D eigenvalue weighted by atomic mass is 35.5. The number of hydrogen-bond donors (Lipinski definition) is 1. The summed E-state index contributed by atoms with van der Waals surface area (Å²) >= 11 is 0. The molecule has 0 aromatic heterocycles. The van der Waals surface area contributed by atoms with Gasteiger partial charge in [-0.15, -0.1) is 12.4 Å². The molecule has 182 valence electrons. The smallest absolute Gasteiger partial charge is 0.251 e. The molecule has 0 radical (unpaired) electrons. The first-order valence-electron chi connectivity index (χ1n) is 11.9. The fourth-order valence-electron chi connectivity index (χ4n) is 4.63. The molecule has 2 atom stereocenters. The molecule has 0 aliphatic heterocycles. The van der Waals surface area contributed by atoms with E-state index in [0.717, 1.165) is 61.0 Å². The molecule has 1 N–H and O–H groups in total. The summed E-state index contributed by atoms with van der Waals surface area (Å²) < 4.78 is 19.1. The number of ether oxygens (including phenoxy) is 1. The van der Waals surface area contributed by atoms with Crippen LogP contribution in [-0.2, 0) is 0 Å². The van der Waals surface area contributed by atoms with Crippen LogP contribution in [-0.4, -0.2) is 44.1 Å². The van der Waals surface area contributed by atoms with Gasteiger partial charge in [0.05, 0.1) is 7.11 Å². The summed E-state index contributed by atoms with van der Waals surface area (Å²) in [5, 5.41) is 5.27. The number of benzene rings is 3. The lowest BCUT2D eigenvalue weighted by atomic mass is 10.1. The number of amides is 1. The molecule has 4 nitrogen and oxygen atoms in total. The van der Waals surface area contributed by atoms with Crippen molar-refractivity contribution < 1.29 is 13.9 Å². The molecule has 3 aromatic carbocycles. The van der Waals surface area contributed by atoms with Gasteiger partial charge in [0.1, 0.15) is 11.6 Å². The Bertz CT molecular complexity index is 1110. The number of unbranched alkanes of at least 4 members (excludes halogenated alkanes) is 1. The fourth-order valence-corrected chi connectivity index (χ4v) is 4.63. The van der Waals surface area contributed by atoms with E-state index >= 15 is 0 Å². The second-order valence-electron chi connectivity index (χ2n) is 8.91. The summed E-state index contributed by atoms with van der Waals surface area (Å²) in [4.78, 5) is 14.9. The normalized spacial score (nSPS) is 16.8. The van der Waals surface area contributed by atoms with Crippen LogP contribution in [0.2, 0.25) is 0 Å². The number of rotatable bonds is 11. The van der Waals surface area contributed by atoms with E-state index in [4.69, 9.17) is 4.74 Å². The minimum Gasteiger partial charge on any atom is -0.496 e. The second-order valence-corrected chi connectivity index (χ2v) is 8.91. The Labute approximate surface area is 207 Å². The van der Waals surface area contributed by atoms with Crippen molar-refractivity contribution in [3.63, 3.8) is 0 Å². The molecule has 0 spiro atoms. The molecular weight excluding hydrogens is 451 g/mol. The SMILES string of the molecule is CCN(CCCCNC(=O)c1ccc2ccccc2c1)CC1CC1c1cc(F)ccc1OC.Cl. The highest BCUT2D eigenvalue weighted by molar-refractivity contribution is 5.98. The van der Waals surface area contributed by atoms with E-state index in [1.54, 1.807) is 19.2 Å². The zero-order valence-electron chi connectivity index (χ0n) is 19.9. The minimum absolute atomic E-state index is 0. The average Bonchev–Trinajstić information content (AvgIpc) is 3.61. The standard InChI is InChI=1S/C28H33FN2O2.ClH/c1-3-31(19-23-17-25(23)26-18-24(29)12-13-27(26)33-2)15-7-6-14-30-28(32)22-11-10-20-8-4-5-9-21(20)16-22;/h4-5,8-13,16,18,23,25H,3,6-7,14-15,17,19H2,1-2H3,(H,30,32);1H. The van der Waals surface area contributed by atoms with Crippen molar-refractivity contribution in [1.29, 1.82) is 0 Å². The number of carbonyl (C=O) groups is 1. The maximum atomic E-state index is 13.7. The number of fused-ring (bicyclic) bond motifs is 1. The van der Waals surface area contributed by atoms with Gasteiger partial charge in [0.2, 0.25) is 0 Å². The van der Waals surface area contributed by atoms with Gasteiger partial charge in [-0.2, -0.15) is 0 Å². The first-order chi connectivity index (χ1) is 16.1. The molecule has 1 aliphatic rings. The number of nitrogens with zero attached hydrogens (tertiary/aromatic N) is 1. The van der Waals surface area contributed by atoms with Crippen LogP contribution in [0.3, 0.4) is 0 Å². The van der Waals surface area contributed by atoms with Crippen LogP contribution in [0.4, 0.5) is 4.39 Å². The van der Waals surface area contributed by atoms with E-state index in [9.17, 15) is 9.18 Å². The Hall–Kier alpha value is -2.63. The van der Waals surface area contributed by atoms with Crippen molar-refractivity contribution in [2.45, 2.75) is 32.1 Å². The number of halogens is 2. The number of methoxy groups -OCH3 is 1. The predicted octanol–water partition coefficient (Wildman–Crippen LogP) is 6.04. The van der Waals surface area contributed by atoms with Gasteiger partial charge in [0.25, 0.3) is 5.91 Å². The van der Waals surface area contributed by atoms with Crippen molar-refractivity contribution in [3.05, 3.63) is 77.6 Å². The van der Waals surface area contributed by atoms with Crippen molar-refractivity contribution >= 4 is 29.1 Å². The predicted molar refractivity (Wildman–Crippen MR) is 139 cm³/mol. The lowest BCUT2D eigenvalue weighted by Gasteiger charge is -2.20. The monoisotopic (exact) mass is 484 g/mol. The number of nitrogens with one attached hydrogen (secondary N) is 1. The van der Waals surface area contributed by atoms with Gasteiger partial charge in [-0.05, 0) is 85.3 Å². The summed E-state index contributed by atoms with van der Waals surface area (Å²) in [6, 6.07) is 18.7. The van der Waals surface area contributed by atoms with Crippen LogP contribution in [0.1, 0.15) is 48.0 Å². The molecule has 3 aromatic rings. The van der Waals surface area contributed by atoms with Crippen molar-refractivity contribution in [2.75, 3.05) is 33.3 Å². The van der Waals surface area contributed by atoms with Gasteiger partial charge < -0.3 is 15.0 Å². The molecule has 4 rings (SSSR count). The Kier molecular flexibility index (Phi) is 9.31. The topological polar surface area (TPSA) is 41.6 Å². The molecule has 1 fully saturated rings. The van der Waals surface area contributed by atoms with E-state index in [1.807, 2.05) is 36.4 Å². The van der Waals surface area contributed by atoms with E-state index in [-0.39, 0.29) is 24.1 Å². The summed E-state index contributed by atoms with van der Waals surface area (Å²) in [5.74, 6) is 1.50. The largest absolute Gasteiger partial charge is 0.496 e. The number of carbonyl (C=O) groups excluding carboxylic acids is 1. The first kappa shape index (κ1) is 26.0. The first-order valence-corrected chi connectivity index (χ1v) is 11.9. The van der Waals surface area contributed by atoms with Gasteiger partial charge in [-0.1, -0.05) is 37.3 Å². The zero-order chi connectivity index (χ0) is 23.2. The molecule has 0 heterocycles. The van der Waals surface area contributed by atoms with Gasteiger partial charge in [-0.3, -0.25) is 4.79 Å². The molecular formula is C28H34ClFN2O2. The second kappa shape index (κ2) is 12.2. The molecule has 2 unspecified atom stereocenters. The Morgan fingerprint density at radius 1 is 1.09 bits per heavy atom. The average molecular weight is 485 g/mol. The van der Waals surface area contributed by atoms with E-state index in [2.05, 4.69) is 23.2 Å². The fraction of sp³-hybridized carbons (Fsp3) is 0.393. The summed E-state index contributed by atoms with van der Waals surface area (Å²) in [5.41, 5.74) is 1.70. The van der Waals surface area contributed by atoms with Gasteiger partial charge in [0.15, 0.2) is 0 Å². The molecule has 1 aliphatic carbocycles. The Morgan fingerprint density at radius 3 is 2.65 bits per heavy atom. The summed E-state index contributed by atoms with van der Waals surface area (Å²) in [6.45, 7) is 5.88. The Balaban J connectivity index is 0.00000324. The van der Waals surface area contributed by atoms with Gasteiger partial charge in [-0.25, -0.2) is 4.39 Å². The van der Waals surface area contributed by atoms with Crippen LogP contribution in [0.25, 0.3) is 10.8 Å². The molecule has 6 heteroatoms. The molecule has 0 saturated heterocycles. The highest BCUT2D eigenvalue weighted by Gasteiger charge is 2.40. The highest BCUT2D eigenvalue weighted by Crippen LogP contribution is 2.50. The molecule has 34 heavy (non-hydrogen) atoms. The van der Waals surface area contributed by atoms with E-state index < -0.39 is 0 Å². The lowest BCUT2D eigenvalue weighted by Crippen LogP contribution is -2.29. The lowest BCUT2D eigenvalue weighted by molar-refractivity contribution is 0.0952. The van der Waals surface area contributed by atoms with Crippen LogP contribution < -0.4 is 10.1 Å². The van der Waals surface area contributed by atoms with Crippen LogP contribution in [0, 0.1) is 11.7 Å². The van der Waals surface area contributed by atoms with E-state index in [0.29, 0.717) is 23.9 Å². The van der Waals surface area contributed by atoms with Crippen molar-refractivity contribution in [1.82, 2.24) is 10.2 Å². The maximum Gasteiger partial charge on any atom is 0.251 e. The van der Waals surface area contributed by atoms with Crippen LogP contribution in [0.5, 0.6) is 5.75 Å².